The highest BCUT2D eigenvalue weighted by atomic mass is 16.3. The van der Waals surface area contributed by atoms with Gasteiger partial charge in [-0.25, -0.2) is 29.9 Å². The molecule has 27 rings (SSSR count). The third-order valence-corrected chi connectivity index (χ3v) is 23.1. The lowest BCUT2D eigenvalue weighted by Crippen LogP contribution is -2.00. The Hall–Kier alpha value is -15.3. The Labute approximate surface area is 634 Å². The maximum atomic E-state index is 6.76. The first kappa shape index (κ1) is 60.8. The van der Waals surface area contributed by atoms with Crippen molar-refractivity contribution in [1.82, 2.24) is 34.9 Å². The Morgan fingerprint density at radius 3 is 0.946 bits per heavy atom. The number of hydrogen-bond acceptors (Lipinski definition) is 11. The zero-order valence-electron chi connectivity index (χ0n) is 59.4. The molecule has 7 heterocycles. The summed E-state index contributed by atoms with van der Waals surface area (Å²) in [5.41, 5.74) is 14.2. The Balaban J connectivity index is 0.0000000984. The maximum absolute atomic E-state index is 6.76. The highest BCUT2D eigenvalue weighted by molar-refractivity contribution is 6.43. The molecular weight excluding hydrogens is 1380 g/mol. The van der Waals surface area contributed by atoms with Gasteiger partial charge in [0, 0.05) is 93.3 Å². The predicted octanol–water partition coefficient (Wildman–Crippen LogP) is 27.1. The van der Waals surface area contributed by atoms with Gasteiger partial charge < -0.3 is 17.7 Å². The molecule has 0 bridgehead atoms. The van der Waals surface area contributed by atoms with E-state index in [0.717, 1.165) is 116 Å². The van der Waals surface area contributed by atoms with Gasteiger partial charge in [-0.2, -0.15) is 0 Å². The number of fused-ring (bicyclic) bond motifs is 6. The van der Waals surface area contributed by atoms with Crippen LogP contribution in [0.25, 0.3) is 264 Å². The molecule has 0 saturated carbocycles. The van der Waals surface area contributed by atoms with Crippen LogP contribution in [0.1, 0.15) is 0 Å². The molecule has 112 heavy (non-hydrogen) atoms. The number of hydrogen-bond donors (Lipinski definition) is 0. The largest absolute Gasteiger partial charge is 0.456 e. The van der Waals surface area contributed by atoms with Crippen molar-refractivity contribution >= 4 is 185 Å². The van der Waals surface area contributed by atoms with Gasteiger partial charge in [-0.3, -0.25) is 4.98 Å². The maximum Gasteiger partial charge on any atom is 0.167 e. The van der Waals surface area contributed by atoms with Crippen LogP contribution < -0.4 is 0 Å². The van der Waals surface area contributed by atoms with E-state index in [4.69, 9.17) is 47.6 Å². The minimum absolute atomic E-state index is 0.563. The van der Waals surface area contributed by atoms with Crippen molar-refractivity contribution in [3.8, 4) is 79.6 Å². The molecule has 0 amide bonds. The second kappa shape index (κ2) is 23.1. The first-order valence-electron chi connectivity index (χ1n) is 37.6. The lowest BCUT2D eigenvalue weighted by Gasteiger charge is -2.13. The van der Waals surface area contributed by atoms with Crippen LogP contribution in [-0.2, 0) is 0 Å². The summed E-state index contributed by atoms with van der Waals surface area (Å²) in [6, 6.07) is 109. The van der Waals surface area contributed by atoms with E-state index in [2.05, 4.69) is 181 Å². The van der Waals surface area contributed by atoms with Crippen molar-refractivity contribution in [2.24, 2.45) is 0 Å². The molecule has 11 nitrogen and oxygen atoms in total. The fourth-order valence-electron chi connectivity index (χ4n) is 18.3. The number of aromatic nitrogens is 7. The minimum atomic E-state index is 0.563. The van der Waals surface area contributed by atoms with Gasteiger partial charge in [-0.1, -0.05) is 255 Å². The fourth-order valence-corrected chi connectivity index (χ4v) is 18.3. The van der Waals surface area contributed by atoms with Crippen LogP contribution in [0.2, 0.25) is 0 Å². The molecule has 0 unspecified atom stereocenters. The average Bonchev–Trinajstić information content (AvgIpc) is 1.53. The number of rotatable bonds is 7. The van der Waals surface area contributed by atoms with Crippen LogP contribution in [0.15, 0.2) is 339 Å². The summed E-state index contributed by atoms with van der Waals surface area (Å²) in [5, 5.41) is 31.5. The number of pyridine rings is 1. The predicted molar refractivity (Wildman–Crippen MR) is 456 cm³/mol. The van der Waals surface area contributed by atoms with E-state index in [1.54, 1.807) is 0 Å². The second-order valence-electron chi connectivity index (χ2n) is 29.1. The summed E-state index contributed by atoms with van der Waals surface area (Å²) in [5.74, 6) is 3.62. The molecule has 0 saturated heterocycles. The molecule has 0 spiro atoms. The number of furan rings is 4. The zero-order valence-corrected chi connectivity index (χ0v) is 59.4. The second-order valence-corrected chi connectivity index (χ2v) is 29.1. The molecule has 0 radical (unpaired) electrons. The molecule has 0 N–H and O–H groups in total. The van der Waals surface area contributed by atoms with E-state index >= 15 is 0 Å². The normalized spacial score (nSPS) is 12.3. The van der Waals surface area contributed by atoms with E-state index in [-0.39, 0.29) is 0 Å². The van der Waals surface area contributed by atoms with Crippen molar-refractivity contribution in [2.45, 2.75) is 0 Å². The van der Waals surface area contributed by atoms with Crippen LogP contribution in [0.4, 0.5) is 0 Å². The van der Waals surface area contributed by atoms with Crippen LogP contribution in [-0.4, -0.2) is 34.9 Å². The summed E-state index contributed by atoms with van der Waals surface area (Å²) < 4.78 is 26.1. The van der Waals surface area contributed by atoms with Crippen LogP contribution >= 0.6 is 0 Å². The number of para-hydroxylation sites is 1. The summed E-state index contributed by atoms with van der Waals surface area (Å²) in [7, 11) is 0. The lowest BCUT2D eigenvalue weighted by molar-refractivity contribution is 0.668. The van der Waals surface area contributed by atoms with E-state index in [9.17, 15) is 0 Å². The number of benzene rings is 20. The molecule has 0 aliphatic carbocycles. The summed E-state index contributed by atoms with van der Waals surface area (Å²) in [4.78, 5) is 34.7. The van der Waals surface area contributed by atoms with E-state index in [1.165, 1.54) is 113 Å². The molecule has 0 atom stereocenters. The van der Waals surface area contributed by atoms with Crippen LogP contribution in [0, 0.1) is 0 Å². The molecule has 7 aromatic heterocycles. The van der Waals surface area contributed by atoms with Gasteiger partial charge in [0.1, 0.15) is 44.7 Å². The quantitative estimate of drug-likeness (QED) is 0.111. The monoisotopic (exact) mass is 1430 g/mol. The fraction of sp³-hybridized carbons (Fsp3) is 0. The van der Waals surface area contributed by atoms with Gasteiger partial charge >= 0.3 is 0 Å². The van der Waals surface area contributed by atoms with Crippen LogP contribution in [0.5, 0.6) is 0 Å². The lowest BCUT2D eigenvalue weighted by atomic mass is 9.88. The van der Waals surface area contributed by atoms with Gasteiger partial charge in [0.2, 0.25) is 0 Å². The van der Waals surface area contributed by atoms with Crippen molar-refractivity contribution in [1.29, 1.82) is 0 Å². The molecular formula is C101H53N7O4. The summed E-state index contributed by atoms with van der Waals surface area (Å²) >= 11 is 0. The minimum Gasteiger partial charge on any atom is -0.456 e. The van der Waals surface area contributed by atoms with Crippen molar-refractivity contribution in [3.63, 3.8) is 0 Å². The first-order valence-corrected chi connectivity index (χ1v) is 37.6. The molecule has 0 fully saturated rings. The Morgan fingerprint density at radius 1 is 0.170 bits per heavy atom. The molecule has 516 valence electrons. The van der Waals surface area contributed by atoms with Crippen molar-refractivity contribution in [2.75, 3.05) is 0 Å². The highest BCUT2D eigenvalue weighted by Crippen LogP contribution is 2.53. The Bertz CT molecular complexity index is 8390. The first-order chi connectivity index (χ1) is 55.5. The Kier molecular flexibility index (Phi) is 12.5. The summed E-state index contributed by atoms with van der Waals surface area (Å²) in [6.07, 6.45) is 1.83. The van der Waals surface area contributed by atoms with Gasteiger partial charge in [-0.05, 0) is 141 Å². The molecule has 0 aliphatic rings. The molecule has 11 heteroatoms. The van der Waals surface area contributed by atoms with Crippen molar-refractivity contribution in [3.05, 3.63) is 322 Å². The van der Waals surface area contributed by atoms with E-state index in [1.807, 2.05) is 146 Å². The summed E-state index contributed by atoms with van der Waals surface area (Å²) in [6.45, 7) is 0. The van der Waals surface area contributed by atoms with Crippen LogP contribution in [0.3, 0.4) is 0 Å². The molecule has 27 aromatic rings. The van der Waals surface area contributed by atoms with E-state index in [0.29, 0.717) is 34.9 Å². The Morgan fingerprint density at radius 2 is 0.500 bits per heavy atom. The standard InChI is InChI=1S/C41H21N3O2.C35H19N3O.C25H13NO/c1-2-8-24(9-3-1)39-42-40(28-13-7-15-31-35(28)27-11-4-5-14-30(27)45-31)44-41(43-39)29-20-19-26-25-12-6-10-22-16-17-23-18-21-32-37(34(23)33(22)25)36(26)38(29)46-32;1-3-8-22(9-4-1)33-36-34(23-10-5-2-6-11-23)38-35(37-33)26-18-17-25-24-13-7-12-20-14-15-21-16-19-27-31(29(21)28(20)24)30(25)32(26)39-27;1-2-13-26-19(6-1)18-11-10-17-16-5-3-4-14-7-8-15-9-12-20-24(22(15)21(14)16)23(17)25(18)27-20/h1-21H;1-19H;1-13H. The van der Waals surface area contributed by atoms with Crippen molar-refractivity contribution < 1.29 is 17.7 Å². The third-order valence-electron chi connectivity index (χ3n) is 23.1. The van der Waals surface area contributed by atoms with Gasteiger partial charge in [0.15, 0.2) is 34.9 Å². The SMILES string of the molecule is c1ccc(-c2ccc3c4cccc5ccc6ccc7oc2c3c7c6c54)nc1.c1ccc(-c2nc(-c3ccc4c5cccc6ccc7ccc8oc3c4c8c7c65)nc(-c3cccc4oc5ccccc5c34)n2)cc1.c1ccc(-c2nc(-c3ccccc3)nc(-c3ccc4c5cccc6ccc7ccc8oc3c4c8c7c65)n2)cc1. The zero-order chi connectivity index (χ0) is 73.0. The topological polar surface area (TPSA) is 143 Å². The highest BCUT2D eigenvalue weighted by Gasteiger charge is 2.29. The molecule has 0 aliphatic heterocycles. The average molecular weight is 1430 g/mol. The molecule has 20 aromatic carbocycles. The van der Waals surface area contributed by atoms with Gasteiger partial charge in [0.05, 0.1) is 16.8 Å². The van der Waals surface area contributed by atoms with Gasteiger partial charge in [-0.15, -0.1) is 0 Å². The number of nitrogens with zero attached hydrogens (tertiary/aromatic N) is 7. The smallest absolute Gasteiger partial charge is 0.167 e. The third kappa shape index (κ3) is 8.72. The van der Waals surface area contributed by atoms with Gasteiger partial charge in [0.25, 0.3) is 0 Å². The van der Waals surface area contributed by atoms with E-state index < -0.39 is 0 Å².